The van der Waals surface area contributed by atoms with Gasteiger partial charge in [-0.15, -0.1) is 11.3 Å². The van der Waals surface area contributed by atoms with Crippen molar-refractivity contribution in [3.63, 3.8) is 0 Å². The summed E-state index contributed by atoms with van der Waals surface area (Å²) >= 11 is 1.51. The van der Waals surface area contributed by atoms with Crippen LogP contribution in [-0.2, 0) is 6.54 Å². The van der Waals surface area contributed by atoms with Gasteiger partial charge < -0.3 is 5.73 Å². The molecule has 6 heteroatoms. The molecule has 0 radical (unpaired) electrons. The third-order valence-electron chi connectivity index (χ3n) is 4.97. The standard InChI is InChI=1S/C15H20N4OS/c16-13-3-1-2-10-7-18(9-12(10)13)8-11-6-14(20)19-4-5-21-15(19)17-11/h4-6,10,12-13H,1-3,7-9,16H2. The summed E-state index contributed by atoms with van der Waals surface area (Å²) in [4.78, 5) is 19.8. The Balaban J connectivity index is 1.54. The average molecular weight is 304 g/mol. The molecular formula is C15H20N4OS. The predicted octanol–water partition coefficient (Wildman–Crippen LogP) is 1.32. The van der Waals surface area contributed by atoms with Crippen molar-refractivity contribution in [1.29, 1.82) is 0 Å². The maximum atomic E-state index is 12.0. The van der Waals surface area contributed by atoms with Gasteiger partial charge in [-0.05, 0) is 24.7 Å². The Bertz CT molecular complexity index is 709. The third-order valence-corrected chi connectivity index (χ3v) is 5.73. The SMILES string of the molecule is NC1CCCC2CN(Cc3cc(=O)n4ccsc4n3)CC12. The lowest BCUT2D eigenvalue weighted by molar-refractivity contribution is 0.259. The normalized spacial score (nSPS) is 29.9. The summed E-state index contributed by atoms with van der Waals surface area (Å²) < 4.78 is 1.60. The molecule has 112 valence electrons. The van der Waals surface area contributed by atoms with E-state index in [0.717, 1.165) is 42.6 Å². The van der Waals surface area contributed by atoms with Crippen LogP contribution < -0.4 is 11.3 Å². The van der Waals surface area contributed by atoms with Crippen LogP contribution in [0.4, 0.5) is 0 Å². The van der Waals surface area contributed by atoms with Crippen molar-refractivity contribution in [3.05, 3.63) is 33.7 Å². The molecule has 2 aromatic rings. The molecule has 4 rings (SSSR count). The van der Waals surface area contributed by atoms with E-state index in [1.165, 1.54) is 24.2 Å². The van der Waals surface area contributed by atoms with Gasteiger partial charge in [0.05, 0.1) is 5.69 Å². The number of aromatic nitrogens is 2. The van der Waals surface area contributed by atoms with Crippen molar-refractivity contribution in [2.45, 2.75) is 31.8 Å². The van der Waals surface area contributed by atoms with E-state index >= 15 is 0 Å². The largest absolute Gasteiger partial charge is 0.327 e. The van der Waals surface area contributed by atoms with Crippen LogP contribution in [0.5, 0.6) is 0 Å². The summed E-state index contributed by atoms with van der Waals surface area (Å²) in [5, 5.41) is 1.90. The Morgan fingerprint density at radius 2 is 2.29 bits per heavy atom. The first kappa shape index (κ1) is 13.4. The lowest BCUT2D eigenvalue weighted by Crippen LogP contribution is -2.38. The van der Waals surface area contributed by atoms with Crippen molar-refractivity contribution in [2.75, 3.05) is 13.1 Å². The van der Waals surface area contributed by atoms with Crippen LogP contribution in [0.3, 0.4) is 0 Å². The second-order valence-electron chi connectivity index (χ2n) is 6.35. The predicted molar refractivity (Wildman–Crippen MR) is 83.4 cm³/mol. The number of likely N-dealkylation sites (tertiary alicyclic amines) is 1. The quantitative estimate of drug-likeness (QED) is 0.909. The van der Waals surface area contributed by atoms with Crippen LogP contribution in [-0.4, -0.2) is 33.4 Å². The number of rotatable bonds is 2. The van der Waals surface area contributed by atoms with Crippen molar-refractivity contribution < 1.29 is 0 Å². The number of hydrogen-bond acceptors (Lipinski definition) is 5. The van der Waals surface area contributed by atoms with E-state index in [0.29, 0.717) is 12.0 Å². The summed E-state index contributed by atoms with van der Waals surface area (Å²) in [6.45, 7) is 2.92. The molecule has 1 aliphatic carbocycles. The van der Waals surface area contributed by atoms with Crippen molar-refractivity contribution in [1.82, 2.24) is 14.3 Å². The number of hydrogen-bond donors (Lipinski definition) is 1. The molecule has 0 bridgehead atoms. The van der Waals surface area contributed by atoms with Crippen LogP contribution in [0, 0.1) is 11.8 Å². The van der Waals surface area contributed by atoms with Gasteiger partial charge in [0.1, 0.15) is 0 Å². The number of thiazole rings is 1. The molecule has 2 aromatic heterocycles. The molecule has 1 saturated carbocycles. The van der Waals surface area contributed by atoms with Crippen molar-refractivity contribution in [2.24, 2.45) is 17.6 Å². The van der Waals surface area contributed by atoms with Crippen LogP contribution >= 0.6 is 11.3 Å². The van der Waals surface area contributed by atoms with Gasteiger partial charge in [0, 0.05) is 43.3 Å². The van der Waals surface area contributed by atoms with Crippen LogP contribution in [0.2, 0.25) is 0 Å². The number of nitrogens with two attached hydrogens (primary N) is 1. The average Bonchev–Trinajstić information content (AvgIpc) is 3.06. The first-order valence-corrected chi connectivity index (χ1v) is 8.52. The van der Waals surface area contributed by atoms with Gasteiger partial charge in [-0.1, -0.05) is 6.42 Å². The number of fused-ring (bicyclic) bond motifs is 2. The Morgan fingerprint density at radius 1 is 1.38 bits per heavy atom. The highest BCUT2D eigenvalue weighted by atomic mass is 32.1. The summed E-state index contributed by atoms with van der Waals surface area (Å²) in [5.74, 6) is 1.37. The van der Waals surface area contributed by atoms with Crippen LogP contribution in [0.25, 0.3) is 4.96 Å². The first-order valence-electron chi connectivity index (χ1n) is 7.64. The molecule has 1 saturated heterocycles. The van der Waals surface area contributed by atoms with E-state index in [4.69, 9.17) is 5.73 Å². The van der Waals surface area contributed by atoms with E-state index in [-0.39, 0.29) is 5.56 Å². The Morgan fingerprint density at radius 3 is 3.14 bits per heavy atom. The topological polar surface area (TPSA) is 63.6 Å². The Kier molecular flexibility index (Phi) is 3.32. The second-order valence-corrected chi connectivity index (χ2v) is 7.23. The highest BCUT2D eigenvalue weighted by molar-refractivity contribution is 7.15. The molecule has 3 unspecified atom stereocenters. The molecule has 3 heterocycles. The van der Waals surface area contributed by atoms with E-state index < -0.39 is 0 Å². The molecule has 2 aliphatic rings. The summed E-state index contributed by atoms with van der Waals surface area (Å²) in [7, 11) is 0. The summed E-state index contributed by atoms with van der Waals surface area (Å²) in [5.41, 5.74) is 7.17. The monoisotopic (exact) mass is 304 g/mol. The van der Waals surface area contributed by atoms with Crippen LogP contribution in [0.15, 0.2) is 22.4 Å². The maximum absolute atomic E-state index is 12.0. The second kappa shape index (κ2) is 5.19. The van der Waals surface area contributed by atoms with Crippen molar-refractivity contribution in [3.8, 4) is 0 Å². The Hall–Kier alpha value is -1.24. The lowest BCUT2D eigenvalue weighted by atomic mass is 9.78. The molecule has 21 heavy (non-hydrogen) atoms. The molecule has 2 fully saturated rings. The zero-order valence-electron chi connectivity index (χ0n) is 11.9. The number of nitrogens with zero attached hydrogens (tertiary/aromatic N) is 3. The van der Waals surface area contributed by atoms with Crippen molar-refractivity contribution >= 4 is 16.3 Å². The van der Waals surface area contributed by atoms with Gasteiger partial charge in [0.25, 0.3) is 5.56 Å². The fraction of sp³-hybridized carbons (Fsp3) is 0.600. The fourth-order valence-electron chi connectivity index (χ4n) is 3.94. The minimum absolute atomic E-state index is 0.0181. The van der Waals surface area contributed by atoms with E-state index in [1.54, 1.807) is 16.7 Å². The lowest BCUT2D eigenvalue weighted by Gasteiger charge is -2.29. The highest BCUT2D eigenvalue weighted by Crippen LogP contribution is 2.35. The minimum atomic E-state index is 0.0181. The molecule has 0 aromatic carbocycles. The molecule has 0 spiro atoms. The van der Waals surface area contributed by atoms with Gasteiger partial charge >= 0.3 is 0 Å². The summed E-state index contributed by atoms with van der Waals surface area (Å²) in [6, 6.07) is 2.02. The molecule has 0 amide bonds. The smallest absolute Gasteiger partial charge is 0.258 e. The molecule has 2 N–H and O–H groups in total. The Labute approximate surface area is 127 Å². The highest BCUT2D eigenvalue weighted by Gasteiger charge is 2.38. The zero-order chi connectivity index (χ0) is 14.4. The first-order chi connectivity index (χ1) is 10.2. The molecule has 5 nitrogen and oxygen atoms in total. The van der Waals surface area contributed by atoms with Gasteiger partial charge in [-0.2, -0.15) is 0 Å². The fourth-order valence-corrected chi connectivity index (χ4v) is 4.67. The van der Waals surface area contributed by atoms with Gasteiger partial charge in [-0.25, -0.2) is 4.98 Å². The van der Waals surface area contributed by atoms with Crippen LogP contribution in [0.1, 0.15) is 25.0 Å². The molecular weight excluding hydrogens is 284 g/mol. The molecule has 3 atom stereocenters. The summed E-state index contributed by atoms with van der Waals surface area (Å²) in [6.07, 6.45) is 5.50. The van der Waals surface area contributed by atoms with E-state index in [1.807, 2.05) is 5.38 Å². The van der Waals surface area contributed by atoms with Gasteiger partial charge in [0.2, 0.25) is 0 Å². The van der Waals surface area contributed by atoms with Gasteiger partial charge in [-0.3, -0.25) is 14.1 Å². The molecule has 1 aliphatic heterocycles. The minimum Gasteiger partial charge on any atom is -0.327 e. The van der Waals surface area contributed by atoms with E-state index in [2.05, 4.69) is 9.88 Å². The third kappa shape index (κ3) is 2.41. The van der Waals surface area contributed by atoms with E-state index in [9.17, 15) is 4.79 Å². The maximum Gasteiger partial charge on any atom is 0.258 e. The zero-order valence-corrected chi connectivity index (χ0v) is 12.8. The van der Waals surface area contributed by atoms with Gasteiger partial charge in [0.15, 0.2) is 4.96 Å².